The van der Waals surface area contributed by atoms with E-state index in [-0.39, 0.29) is 0 Å². The normalized spacial score (nSPS) is 47.7. The fourth-order valence-electron chi connectivity index (χ4n) is 3.11. The van der Waals surface area contributed by atoms with E-state index in [9.17, 15) is 4.79 Å². The number of carbonyl (C=O) groups excluding carboxylic acids is 1. The quantitative estimate of drug-likeness (QED) is 0.730. The molecular formula is C12H20N2O. The topological polar surface area (TPSA) is 32.3 Å². The number of amides is 1. The van der Waals surface area contributed by atoms with E-state index in [0.717, 1.165) is 18.9 Å². The van der Waals surface area contributed by atoms with Gasteiger partial charge in [-0.25, -0.2) is 0 Å². The van der Waals surface area contributed by atoms with Crippen molar-refractivity contribution in [1.29, 1.82) is 0 Å². The highest BCUT2D eigenvalue weighted by molar-refractivity contribution is 5.81. The van der Waals surface area contributed by atoms with E-state index in [4.69, 9.17) is 0 Å². The van der Waals surface area contributed by atoms with Crippen LogP contribution in [0.2, 0.25) is 0 Å². The summed E-state index contributed by atoms with van der Waals surface area (Å²) in [6.07, 6.45) is 3.67. The molecule has 3 heterocycles. The predicted molar refractivity (Wildman–Crippen MR) is 58.4 cm³/mol. The van der Waals surface area contributed by atoms with Crippen molar-refractivity contribution in [3.8, 4) is 0 Å². The molecule has 0 aromatic rings. The van der Waals surface area contributed by atoms with Crippen molar-refractivity contribution >= 4 is 5.91 Å². The van der Waals surface area contributed by atoms with Gasteiger partial charge < -0.3 is 10.2 Å². The Hall–Kier alpha value is -0.570. The van der Waals surface area contributed by atoms with Gasteiger partial charge in [0.2, 0.25) is 5.91 Å². The zero-order valence-electron chi connectivity index (χ0n) is 9.41. The number of nitrogens with one attached hydrogen (secondary N) is 1. The SMILES string of the molecule is CC1CC1C(=O)NC1CN2CCC1CC2. The van der Waals surface area contributed by atoms with Gasteiger partial charge in [0, 0.05) is 18.5 Å². The second-order valence-electron chi connectivity index (χ2n) is 5.57. The van der Waals surface area contributed by atoms with E-state index < -0.39 is 0 Å². The Balaban J connectivity index is 1.57. The highest BCUT2D eigenvalue weighted by Gasteiger charge is 2.42. The maximum Gasteiger partial charge on any atom is 0.223 e. The second kappa shape index (κ2) is 3.48. The highest BCUT2D eigenvalue weighted by Crippen LogP contribution is 2.38. The van der Waals surface area contributed by atoms with E-state index in [1.165, 1.54) is 25.9 Å². The molecule has 1 amide bonds. The minimum absolute atomic E-state index is 0.321. The zero-order valence-corrected chi connectivity index (χ0v) is 9.41. The van der Waals surface area contributed by atoms with Gasteiger partial charge in [-0.15, -0.1) is 0 Å². The summed E-state index contributed by atoms with van der Waals surface area (Å²) in [5.41, 5.74) is 0. The predicted octanol–water partition coefficient (Wildman–Crippen LogP) is 0.853. The standard InChI is InChI=1S/C12H20N2O/c1-8-6-10(8)12(15)13-11-7-14-4-2-9(11)3-5-14/h8-11H,2-7H2,1H3,(H,13,15). The minimum atomic E-state index is 0.321. The van der Waals surface area contributed by atoms with E-state index >= 15 is 0 Å². The van der Waals surface area contributed by atoms with Crippen LogP contribution >= 0.6 is 0 Å². The average Bonchev–Trinajstić information content (AvgIpc) is 2.97. The molecule has 1 aliphatic carbocycles. The summed E-state index contributed by atoms with van der Waals surface area (Å²) in [6, 6.07) is 0.452. The summed E-state index contributed by atoms with van der Waals surface area (Å²) in [5, 5.41) is 3.26. The van der Waals surface area contributed by atoms with Crippen LogP contribution in [0.1, 0.15) is 26.2 Å². The largest absolute Gasteiger partial charge is 0.352 e. The molecule has 3 nitrogen and oxygen atoms in total. The first-order valence-electron chi connectivity index (χ1n) is 6.27. The van der Waals surface area contributed by atoms with Gasteiger partial charge in [0.1, 0.15) is 0 Å². The molecule has 0 spiro atoms. The summed E-state index contributed by atoms with van der Waals surface area (Å²) in [7, 11) is 0. The molecule has 3 atom stereocenters. The fourth-order valence-corrected chi connectivity index (χ4v) is 3.11. The van der Waals surface area contributed by atoms with E-state index in [1.807, 2.05) is 0 Å². The van der Waals surface area contributed by atoms with Crippen LogP contribution in [0.4, 0.5) is 0 Å². The lowest BCUT2D eigenvalue weighted by molar-refractivity contribution is -0.124. The van der Waals surface area contributed by atoms with E-state index in [1.54, 1.807) is 0 Å². The average molecular weight is 208 g/mol. The molecule has 4 aliphatic rings. The summed E-state index contributed by atoms with van der Waals surface area (Å²) in [6.45, 7) is 5.76. The van der Waals surface area contributed by atoms with Crippen molar-refractivity contribution < 1.29 is 4.79 Å². The van der Waals surface area contributed by atoms with Crippen LogP contribution in [0.5, 0.6) is 0 Å². The molecule has 0 aromatic carbocycles. The van der Waals surface area contributed by atoms with Crippen molar-refractivity contribution in [1.82, 2.24) is 10.2 Å². The molecule has 84 valence electrons. The van der Waals surface area contributed by atoms with Crippen LogP contribution in [0.3, 0.4) is 0 Å². The first kappa shape index (κ1) is 9.64. The molecule has 3 heteroatoms. The molecule has 15 heavy (non-hydrogen) atoms. The van der Waals surface area contributed by atoms with E-state index in [0.29, 0.717) is 23.8 Å². The number of carbonyl (C=O) groups is 1. The minimum Gasteiger partial charge on any atom is -0.352 e. The molecule has 3 unspecified atom stereocenters. The van der Waals surface area contributed by atoms with E-state index in [2.05, 4.69) is 17.1 Å². The van der Waals surface area contributed by atoms with Crippen LogP contribution < -0.4 is 5.32 Å². The Morgan fingerprint density at radius 1 is 1.33 bits per heavy atom. The monoisotopic (exact) mass is 208 g/mol. The van der Waals surface area contributed by atoms with Crippen LogP contribution in [0, 0.1) is 17.8 Å². The smallest absolute Gasteiger partial charge is 0.223 e. The number of nitrogens with zero attached hydrogens (tertiary/aromatic N) is 1. The molecule has 2 bridgehead atoms. The highest BCUT2D eigenvalue weighted by atomic mass is 16.2. The Morgan fingerprint density at radius 3 is 2.47 bits per heavy atom. The Labute approximate surface area is 91.2 Å². The number of hydrogen-bond donors (Lipinski definition) is 1. The summed E-state index contributed by atoms with van der Waals surface area (Å²) >= 11 is 0. The lowest BCUT2D eigenvalue weighted by Crippen LogP contribution is -2.57. The summed E-state index contributed by atoms with van der Waals surface area (Å²) < 4.78 is 0. The molecule has 3 saturated heterocycles. The van der Waals surface area contributed by atoms with Crippen LogP contribution in [0.25, 0.3) is 0 Å². The van der Waals surface area contributed by atoms with Gasteiger partial charge in [-0.05, 0) is 44.2 Å². The number of hydrogen-bond acceptors (Lipinski definition) is 2. The Morgan fingerprint density at radius 2 is 2.00 bits per heavy atom. The van der Waals surface area contributed by atoms with Crippen LogP contribution in [0.15, 0.2) is 0 Å². The first-order valence-corrected chi connectivity index (χ1v) is 6.27. The van der Waals surface area contributed by atoms with Gasteiger partial charge >= 0.3 is 0 Å². The lowest BCUT2D eigenvalue weighted by atomic mass is 9.84. The summed E-state index contributed by atoms with van der Waals surface area (Å²) in [5.74, 6) is 2.04. The molecule has 1 N–H and O–H groups in total. The van der Waals surface area contributed by atoms with Crippen molar-refractivity contribution in [2.45, 2.75) is 32.2 Å². The van der Waals surface area contributed by atoms with Gasteiger partial charge in [0.25, 0.3) is 0 Å². The number of fused-ring (bicyclic) bond motifs is 3. The third kappa shape index (κ3) is 1.78. The zero-order chi connectivity index (χ0) is 10.4. The molecule has 4 rings (SSSR count). The second-order valence-corrected chi connectivity index (χ2v) is 5.57. The van der Waals surface area contributed by atoms with Gasteiger partial charge in [0.05, 0.1) is 0 Å². The fraction of sp³-hybridized carbons (Fsp3) is 0.917. The van der Waals surface area contributed by atoms with Gasteiger partial charge in [0.15, 0.2) is 0 Å². The Bertz CT molecular complexity index is 271. The third-order valence-electron chi connectivity index (χ3n) is 4.43. The van der Waals surface area contributed by atoms with Gasteiger partial charge in [-0.1, -0.05) is 6.92 Å². The molecular weight excluding hydrogens is 188 g/mol. The van der Waals surface area contributed by atoms with Gasteiger partial charge in [-0.3, -0.25) is 4.79 Å². The summed E-state index contributed by atoms with van der Waals surface area (Å²) in [4.78, 5) is 14.3. The number of piperidine rings is 3. The van der Waals surface area contributed by atoms with Crippen LogP contribution in [-0.4, -0.2) is 36.5 Å². The van der Waals surface area contributed by atoms with Gasteiger partial charge in [-0.2, -0.15) is 0 Å². The Kier molecular flexibility index (Phi) is 2.23. The maximum absolute atomic E-state index is 11.8. The molecule has 3 aliphatic heterocycles. The van der Waals surface area contributed by atoms with Crippen molar-refractivity contribution in [2.24, 2.45) is 17.8 Å². The lowest BCUT2D eigenvalue weighted by Gasteiger charge is -2.45. The molecule has 4 fully saturated rings. The molecule has 0 radical (unpaired) electrons. The van der Waals surface area contributed by atoms with Crippen molar-refractivity contribution in [3.63, 3.8) is 0 Å². The first-order chi connectivity index (χ1) is 7.24. The van der Waals surface area contributed by atoms with Crippen molar-refractivity contribution in [2.75, 3.05) is 19.6 Å². The number of rotatable bonds is 2. The third-order valence-corrected chi connectivity index (χ3v) is 4.43. The van der Waals surface area contributed by atoms with Crippen LogP contribution in [-0.2, 0) is 4.79 Å². The van der Waals surface area contributed by atoms with Crippen molar-refractivity contribution in [3.05, 3.63) is 0 Å². The maximum atomic E-state index is 11.8. The molecule has 1 saturated carbocycles. The molecule has 0 aromatic heterocycles.